The maximum Gasteiger partial charge on any atom is 0.0972 e. The first-order valence-corrected chi connectivity index (χ1v) is 5.28. The SMILES string of the molecule is CC(O)(CO)CNC1CCC(O)CC1. The summed E-state index contributed by atoms with van der Waals surface area (Å²) in [7, 11) is 0. The molecule has 0 bridgehead atoms. The van der Waals surface area contributed by atoms with E-state index in [1.165, 1.54) is 0 Å². The smallest absolute Gasteiger partial charge is 0.0972 e. The number of nitrogens with one attached hydrogen (secondary N) is 1. The molecule has 0 aromatic carbocycles. The van der Waals surface area contributed by atoms with Gasteiger partial charge in [-0.2, -0.15) is 0 Å². The van der Waals surface area contributed by atoms with Gasteiger partial charge in [0.25, 0.3) is 0 Å². The predicted octanol–water partition coefficient (Wildman–Crippen LogP) is -0.377. The molecule has 84 valence electrons. The molecule has 0 aromatic heterocycles. The lowest BCUT2D eigenvalue weighted by Crippen LogP contribution is -2.46. The van der Waals surface area contributed by atoms with Crippen LogP contribution in [0.3, 0.4) is 0 Å². The van der Waals surface area contributed by atoms with Gasteiger partial charge in [-0.15, -0.1) is 0 Å². The van der Waals surface area contributed by atoms with E-state index in [-0.39, 0.29) is 12.7 Å². The number of rotatable bonds is 4. The third-order valence-corrected chi connectivity index (χ3v) is 2.81. The molecule has 0 saturated heterocycles. The molecule has 1 fully saturated rings. The summed E-state index contributed by atoms with van der Waals surface area (Å²) in [4.78, 5) is 0. The van der Waals surface area contributed by atoms with Gasteiger partial charge in [-0.25, -0.2) is 0 Å². The summed E-state index contributed by atoms with van der Waals surface area (Å²) in [5, 5.41) is 30.9. The van der Waals surface area contributed by atoms with Crippen molar-refractivity contribution in [3.05, 3.63) is 0 Å². The normalized spacial score (nSPS) is 32.6. The summed E-state index contributed by atoms with van der Waals surface area (Å²) >= 11 is 0. The van der Waals surface area contributed by atoms with Crippen molar-refractivity contribution >= 4 is 0 Å². The third kappa shape index (κ3) is 3.92. The largest absolute Gasteiger partial charge is 0.393 e. The molecule has 1 aliphatic rings. The van der Waals surface area contributed by atoms with E-state index in [1.807, 2.05) is 0 Å². The van der Waals surface area contributed by atoms with Crippen molar-refractivity contribution < 1.29 is 15.3 Å². The first-order chi connectivity index (χ1) is 6.53. The van der Waals surface area contributed by atoms with Gasteiger partial charge >= 0.3 is 0 Å². The zero-order valence-corrected chi connectivity index (χ0v) is 8.74. The fourth-order valence-electron chi connectivity index (χ4n) is 1.70. The van der Waals surface area contributed by atoms with Crippen LogP contribution in [0.1, 0.15) is 32.6 Å². The van der Waals surface area contributed by atoms with Gasteiger partial charge < -0.3 is 20.6 Å². The van der Waals surface area contributed by atoms with Crippen LogP contribution in [0, 0.1) is 0 Å². The summed E-state index contributed by atoms with van der Waals surface area (Å²) in [6, 6.07) is 0.372. The monoisotopic (exact) mass is 203 g/mol. The molecule has 4 N–H and O–H groups in total. The molecule has 0 spiro atoms. The van der Waals surface area contributed by atoms with Gasteiger partial charge in [-0.3, -0.25) is 0 Å². The molecule has 0 radical (unpaired) electrons. The van der Waals surface area contributed by atoms with Crippen molar-refractivity contribution in [1.29, 1.82) is 0 Å². The lowest BCUT2D eigenvalue weighted by molar-refractivity contribution is -0.00144. The molecule has 0 heterocycles. The molecule has 1 saturated carbocycles. The Morgan fingerprint density at radius 2 is 1.86 bits per heavy atom. The number of hydrogen-bond acceptors (Lipinski definition) is 4. The first-order valence-electron chi connectivity index (χ1n) is 5.28. The van der Waals surface area contributed by atoms with E-state index >= 15 is 0 Å². The molecule has 1 atom stereocenters. The molecule has 4 heteroatoms. The fourth-order valence-corrected chi connectivity index (χ4v) is 1.70. The summed E-state index contributed by atoms with van der Waals surface area (Å²) in [5.41, 5.74) is -1.03. The Hall–Kier alpha value is -0.160. The molecule has 0 aromatic rings. The fraction of sp³-hybridized carbons (Fsp3) is 1.00. The quantitative estimate of drug-likeness (QED) is 0.503. The maximum absolute atomic E-state index is 9.54. The van der Waals surface area contributed by atoms with Crippen molar-refractivity contribution in [2.24, 2.45) is 0 Å². The summed E-state index contributed by atoms with van der Waals surface area (Å²) < 4.78 is 0. The summed E-state index contributed by atoms with van der Waals surface area (Å²) in [5.74, 6) is 0. The van der Waals surface area contributed by atoms with E-state index in [9.17, 15) is 10.2 Å². The second-order valence-corrected chi connectivity index (χ2v) is 4.54. The Morgan fingerprint density at radius 1 is 1.29 bits per heavy atom. The van der Waals surface area contributed by atoms with E-state index in [4.69, 9.17) is 5.11 Å². The van der Waals surface area contributed by atoms with Gasteiger partial charge in [0.2, 0.25) is 0 Å². The van der Waals surface area contributed by atoms with Crippen LogP contribution in [0.5, 0.6) is 0 Å². The van der Waals surface area contributed by atoms with E-state index in [2.05, 4.69) is 5.32 Å². The Bertz CT molecular complexity index is 165. The Balaban J connectivity index is 2.19. The molecule has 1 unspecified atom stereocenters. The average Bonchev–Trinajstić information content (AvgIpc) is 2.17. The van der Waals surface area contributed by atoms with Gasteiger partial charge in [0, 0.05) is 12.6 Å². The minimum atomic E-state index is -1.03. The average molecular weight is 203 g/mol. The first kappa shape index (κ1) is 11.9. The van der Waals surface area contributed by atoms with Crippen LogP contribution >= 0.6 is 0 Å². The molecule has 1 rings (SSSR count). The second-order valence-electron chi connectivity index (χ2n) is 4.54. The van der Waals surface area contributed by atoms with Crippen molar-refractivity contribution in [3.8, 4) is 0 Å². The zero-order valence-electron chi connectivity index (χ0n) is 8.74. The van der Waals surface area contributed by atoms with Crippen LogP contribution in [0.4, 0.5) is 0 Å². The highest BCUT2D eigenvalue weighted by Crippen LogP contribution is 2.18. The molecule has 1 aliphatic carbocycles. The molecule has 0 aliphatic heterocycles. The van der Waals surface area contributed by atoms with Crippen LogP contribution in [0.25, 0.3) is 0 Å². The highest BCUT2D eigenvalue weighted by Gasteiger charge is 2.23. The minimum absolute atomic E-state index is 0.147. The summed E-state index contributed by atoms with van der Waals surface area (Å²) in [6.07, 6.45) is 3.41. The number of hydrogen-bond donors (Lipinski definition) is 4. The zero-order chi connectivity index (χ0) is 10.6. The van der Waals surface area contributed by atoms with Crippen LogP contribution in [0.15, 0.2) is 0 Å². The molecule has 14 heavy (non-hydrogen) atoms. The van der Waals surface area contributed by atoms with Gasteiger partial charge in [-0.1, -0.05) is 0 Å². The predicted molar refractivity (Wildman–Crippen MR) is 54.0 cm³/mol. The highest BCUT2D eigenvalue weighted by molar-refractivity contribution is 4.81. The Labute approximate surface area is 85.0 Å². The van der Waals surface area contributed by atoms with Crippen molar-refractivity contribution in [2.75, 3.05) is 13.2 Å². The summed E-state index contributed by atoms with van der Waals surface area (Å²) in [6.45, 7) is 1.79. The van der Waals surface area contributed by atoms with Crippen LogP contribution in [-0.4, -0.2) is 46.2 Å². The topological polar surface area (TPSA) is 72.7 Å². The van der Waals surface area contributed by atoms with E-state index in [1.54, 1.807) is 6.92 Å². The number of aliphatic hydroxyl groups excluding tert-OH is 2. The van der Waals surface area contributed by atoms with Gasteiger partial charge in [0.15, 0.2) is 0 Å². The van der Waals surface area contributed by atoms with Crippen molar-refractivity contribution in [1.82, 2.24) is 5.32 Å². The van der Waals surface area contributed by atoms with Gasteiger partial charge in [-0.05, 0) is 32.6 Å². The van der Waals surface area contributed by atoms with Gasteiger partial charge in [0.1, 0.15) is 0 Å². The van der Waals surface area contributed by atoms with E-state index in [0.717, 1.165) is 25.7 Å². The second kappa shape index (κ2) is 5.07. The Kier molecular flexibility index (Phi) is 4.31. The molecule has 0 amide bonds. The third-order valence-electron chi connectivity index (χ3n) is 2.81. The molecule has 4 nitrogen and oxygen atoms in total. The van der Waals surface area contributed by atoms with Crippen LogP contribution < -0.4 is 5.32 Å². The van der Waals surface area contributed by atoms with Crippen LogP contribution in [0.2, 0.25) is 0 Å². The van der Waals surface area contributed by atoms with E-state index < -0.39 is 5.60 Å². The minimum Gasteiger partial charge on any atom is -0.393 e. The van der Waals surface area contributed by atoms with Crippen molar-refractivity contribution in [3.63, 3.8) is 0 Å². The molecular formula is C10H21NO3. The standard InChI is InChI=1S/C10H21NO3/c1-10(14,7-12)6-11-8-2-4-9(13)5-3-8/h8-9,11-14H,2-7H2,1H3. The lowest BCUT2D eigenvalue weighted by atomic mass is 9.92. The Morgan fingerprint density at radius 3 is 2.36 bits per heavy atom. The highest BCUT2D eigenvalue weighted by atomic mass is 16.3. The maximum atomic E-state index is 9.54. The number of aliphatic hydroxyl groups is 3. The van der Waals surface area contributed by atoms with Gasteiger partial charge in [0.05, 0.1) is 18.3 Å². The van der Waals surface area contributed by atoms with Crippen molar-refractivity contribution in [2.45, 2.75) is 50.4 Å². The van der Waals surface area contributed by atoms with Crippen LogP contribution in [-0.2, 0) is 0 Å². The molecular weight excluding hydrogens is 182 g/mol. The lowest BCUT2D eigenvalue weighted by Gasteiger charge is -2.29. The van der Waals surface area contributed by atoms with E-state index in [0.29, 0.717) is 12.6 Å².